The van der Waals surface area contributed by atoms with E-state index in [-0.39, 0.29) is 0 Å². The molecule has 5 heteroatoms. The quantitative estimate of drug-likeness (QED) is 0.158. The van der Waals surface area contributed by atoms with Crippen molar-refractivity contribution in [3.05, 3.63) is 212 Å². The smallest absolute Gasteiger partial charge is 0.163 e. The van der Waals surface area contributed by atoms with Crippen LogP contribution in [0.1, 0.15) is 0 Å². The SMILES string of the molecule is c1ccc(-c2nc(-c3ccccc3)n3c(-c4cccc(-c5cccc(-c6nc7c8ccccc8c8ccccc8c7n6-c6ccccc6)c5)c4)c4ccccc4c3n2)cc1. The van der Waals surface area contributed by atoms with E-state index in [2.05, 4.69) is 197 Å². The molecule has 0 aliphatic rings. The van der Waals surface area contributed by atoms with Gasteiger partial charge in [-0.25, -0.2) is 15.0 Å². The predicted octanol–water partition coefficient (Wildman–Crippen LogP) is 13.9. The molecule has 0 saturated heterocycles. The zero-order valence-corrected chi connectivity index (χ0v) is 32.4. The van der Waals surface area contributed by atoms with Crippen LogP contribution in [0, 0.1) is 0 Å². The molecular weight excluding hydrogens is 731 g/mol. The molecule has 3 heterocycles. The Morgan fingerprint density at radius 1 is 0.317 bits per heavy atom. The molecule has 0 fully saturated rings. The van der Waals surface area contributed by atoms with Crippen LogP contribution in [0.25, 0.3) is 111 Å². The second-order valence-corrected chi connectivity index (χ2v) is 15.2. The molecule has 5 nitrogen and oxygen atoms in total. The third-order valence-electron chi connectivity index (χ3n) is 11.7. The molecule has 12 rings (SSSR count). The normalized spacial score (nSPS) is 11.7. The molecule has 60 heavy (non-hydrogen) atoms. The van der Waals surface area contributed by atoms with Gasteiger partial charge >= 0.3 is 0 Å². The summed E-state index contributed by atoms with van der Waals surface area (Å²) in [6.45, 7) is 0. The van der Waals surface area contributed by atoms with E-state index >= 15 is 0 Å². The van der Waals surface area contributed by atoms with Crippen LogP contribution in [-0.2, 0) is 0 Å². The highest BCUT2D eigenvalue weighted by molar-refractivity contribution is 6.24. The van der Waals surface area contributed by atoms with Crippen molar-refractivity contribution in [3.63, 3.8) is 0 Å². The molecule has 0 atom stereocenters. The molecule has 0 bridgehead atoms. The summed E-state index contributed by atoms with van der Waals surface area (Å²) in [6.07, 6.45) is 0. The Labute approximate surface area is 346 Å². The van der Waals surface area contributed by atoms with Crippen LogP contribution in [0.4, 0.5) is 0 Å². The maximum absolute atomic E-state index is 5.51. The number of rotatable bonds is 6. The van der Waals surface area contributed by atoms with E-state index in [4.69, 9.17) is 15.0 Å². The summed E-state index contributed by atoms with van der Waals surface area (Å²) in [5, 5.41) is 6.95. The molecule has 280 valence electrons. The lowest BCUT2D eigenvalue weighted by Crippen LogP contribution is -2.03. The van der Waals surface area contributed by atoms with Crippen molar-refractivity contribution < 1.29 is 0 Å². The number of para-hydroxylation sites is 1. The average Bonchev–Trinajstić information content (AvgIpc) is 3.90. The van der Waals surface area contributed by atoms with Gasteiger partial charge in [0.05, 0.1) is 16.7 Å². The molecule has 0 aliphatic heterocycles. The number of benzene rings is 9. The van der Waals surface area contributed by atoms with Gasteiger partial charge in [-0.2, -0.15) is 0 Å². The summed E-state index contributed by atoms with van der Waals surface area (Å²) in [5.74, 6) is 2.45. The largest absolute Gasteiger partial charge is 0.292 e. The average molecular weight is 766 g/mol. The van der Waals surface area contributed by atoms with E-state index in [0.717, 1.165) is 89.3 Å². The van der Waals surface area contributed by atoms with Gasteiger partial charge in [0.25, 0.3) is 0 Å². The number of hydrogen-bond acceptors (Lipinski definition) is 3. The van der Waals surface area contributed by atoms with Gasteiger partial charge in [-0.1, -0.05) is 188 Å². The van der Waals surface area contributed by atoms with Crippen molar-refractivity contribution in [1.29, 1.82) is 0 Å². The van der Waals surface area contributed by atoms with Crippen LogP contribution >= 0.6 is 0 Å². The number of fused-ring (bicyclic) bond motifs is 9. The van der Waals surface area contributed by atoms with Crippen LogP contribution in [0.15, 0.2) is 212 Å². The fraction of sp³-hybridized carbons (Fsp3) is 0. The first-order valence-electron chi connectivity index (χ1n) is 20.3. The van der Waals surface area contributed by atoms with Gasteiger partial charge in [-0.05, 0) is 51.7 Å². The minimum Gasteiger partial charge on any atom is -0.292 e. The summed E-state index contributed by atoms with van der Waals surface area (Å²) in [4.78, 5) is 16.1. The molecule has 0 aliphatic carbocycles. The molecule has 0 N–H and O–H groups in total. The summed E-state index contributed by atoms with van der Waals surface area (Å²) >= 11 is 0. The first-order chi connectivity index (χ1) is 29.8. The van der Waals surface area contributed by atoms with Crippen LogP contribution in [-0.4, -0.2) is 23.9 Å². The Bertz CT molecular complexity index is 3590. The van der Waals surface area contributed by atoms with E-state index < -0.39 is 0 Å². The van der Waals surface area contributed by atoms with Crippen LogP contribution in [0.2, 0.25) is 0 Å². The van der Waals surface area contributed by atoms with E-state index in [0.29, 0.717) is 5.82 Å². The van der Waals surface area contributed by atoms with Gasteiger partial charge < -0.3 is 0 Å². The summed E-state index contributed by atoms with van der Waals surface area (Å²) in [6, 6.07) is 74.9. The molecule has 12 aromatic rings. The van der Waals surface area contributed by atoms with E-state index in [1.165, 1.54) is 16.2 Å². The maximum Gasteiger partial charge on any atom is 0.163 e. The molecule has 0 unspecified atom stereocenters. The highest BCUT2D eigenvalue weighted by atomic mass is 15.1. The maximum atomic E-state index is 5.51. The Morgan fingerprint density at radius 2 is 0.817 bits per heavy atom. The van der Waals surface area contributed by atoms with Gasteiger partial charge in [0.2, 0.25) is 0 Å². The zero-order chi connectivity index (χ0) is 39.6. The third kappa shape index (κ3) is 5.37. The third-order valence-corrected chi connectivity index (χ3v) is 11.7. The Morgan fingerprint density at radius 3 is 1.52 bits per heavy atom. The van der Waals surface area contributed by atoms with Crippen molar-refractivity contribution in [2.45, 2.75) is 0 Å². The minimum absolute atomic E-state index is 0.699. The monoisotopic (exact) mass is 765 g/mol. The van der Waals surface area contributed by atoms with Crippen molar-refractivity contribution in [1.82, 2.24) is 23.9 Å². The van der Waals surface area contributed by atoms with Gasteiger partial charge in [0, 0.05) is 43.9 Å². The van der Waals surface area contributed by atoms with Crippen LogP contribution in [0.5, 0.6) is 0 Å². The number of aromatic nitrogens is 5. The zero-order valence-electron chi connectivity index (χ0n) is 32.4. The summed E-state index contributed by atoms with van der Waals surface area (Å²) in [5.41, 5.74) is 11.4. The van der Waals surface area contributed by atoms with Crippen LogP contribution < -0.4 is 0 Å². The molecular formula is C55H35N5. The van der Waals surface area contributed by atoms with Gasteiger partial charge in [0.1, 0.15) is 17.3 Å². The van der Waals surface area contributed by atoms with Crippen molar-refractivity contribution >= 4 is 49.0 Å². The number of nitrogens with zero attached hydrogens (tertiary/aromatic N) is 5. The molecule has 9 aromatic carbocycles. The fourth-order valence-corrected chi connectivity index (χ4v) is 9.02. The highest BCUT2D eigenvalue weighted by Crippen LogP contribution is 2.41. The van der Waals surface area contributed by atoms with Crippen molar-refractivity contribution in [2.24, 2.45) is 0 Å². The first kappa shape index (κ1) is 33.9. The van der Waals surface area contributed by atoms with E-state index in [1.807, 2.05) is 24.3 Å². The fourth-order valence-electron chi connectivity index (χ4n) is 9.02. The standard InChI is InChI=1S/C55H35N5/c1-4-18-36(19-5-1)52-57-53(37-20-6-2-7-21-37)60-50(47-32-14-15-33-48(47)55(60)58-52)40-24-16-22-38(34-40)39-23-17-25-41(35-39)54-56-49-45-30-12-10-28-43(45)44-29-11-13-31-46(44)51(49)59(54)42-26-8-3-9-27-42/h1-35H. The lowest BCUT2D eigenvalue weighted by Gasteiger charge is -2.14. The highest BCUT2D eigenvalue weighted by Gasteiger charge is 2.23. The second kappa shape index (κ2) is 13.8. The predicted molar refractivity (Wildman–Crippen MR) is 247 cm³/mol. The molecule has 0 saturated carbocycles. The topological polar surface area (TPSA) is 48.0 Å². The summed E-state index contributed by atoms with van der Waals surface area (Å²) in [7, 11) is 0. The van der Waals surface area contributed by atoms with Crippen molar-refractivity contribution in [3.8, 4) is 62.2 Å². The Kier molecular flexibility index (Phi) is 7.78. The summed E-state index contributed by atoms with van der Waals surface area (Å²) < 4.78 is 4.59. The van der Waals surface area contributed by atoms with Gasteiger partial charge in [-0.15, -0.1) is 0 Å². The Balaban J connectivity index is 1.07. The van der Waals surface area contributed by atoms with Crippen molar-refractivity contribution in [2.75, 3.05) is 0 Å². The van der Waals surface area contributed by atoms with E-state index in [9.17, 15) is 0 Å². The Hall–Kier alpha value is -8.15. The van der Waals surface area contributed by atoms with Crippen LogP contribution in [0.3, 0.4) is 0 Å². The lowest BCUT2D eigenvalue weighted by molar-refractivity contribution is 1.05. The van der Waals surface area contributed by atoms with E-state index in [1.54, 1.807) is 0 Å². The number of hydrogen-bond donors (Lipinski definition) is 0. The van der Waals surface area contributed by atoms with Gasteiger partial charge in [-0.3, -0.25) is 8.97 Å². The molecule has 0 amide bonds. The molecule has 3 aromatic heterocycles. The number of imidazole rings is 1. The first-order valence-corrected chi connectivity index (χ1v) is 20.3. The molecule has 0 spiro atoms. The lowest BCUT2D eigenvalue weighted by atomic mass is 9.98. The second-order valence-electron chi connectivity index (χ2n) is 15.2. The van der Waals surface area contributed by atoms with Gasteiger partial charge in [0.15, 0.2) is 5.82 Å². The minimum atomic E-state index is 0.699. The molecule has 0 radical (unpaired) electrons.